The first-order valence-electron chi connectivity index (χ1n) is 6.58. The van der Waals surface area contributed by atoms with Crippen molar-refractivity contribution in [2.75, 3.05) is 13.7 Å². The van der Waals surface area contributed by atoms with Crippen LogP contribution < -0.4 is 0 Å². The molecule has 1 heterocycles. The van der Waals surface area contributed by atoms with Gasteiger partial charge in [0.05, 0.1) is 24.8 Å². The van der Waals surface area contributed by atoms with Crippen LogP contribution >= 0.6 is 11.3 Å². The fourth-order valence-corrected chi connectivity index (χ4v) is 2.61. The fourth-order valence-electron chi connectivity index (χ4n) is 1.79. The van der Waals surface area contributed by atoms with E-state index in [1.807, 2.05) is 0 Å². The Morgan fingerprint density at radius 2 is 2.29 bits per heavy atom. The number of aliphatic hydroxyl groups excluding tert-OH is 1. The number of aliphatic hydroxyl groups is 1. The lowest BCUT2D eigenvalue weighted by Crippen LogP contribution is -2.38. The van der Waals surface area contributed by atoms with E-state index in [9.17, 15) is 9.18 Å². The van der Waals surface area contributed by atoms with Crippen LogP contribution in [0.4, 0.5) is 4.39 Å². The number of benzene rings is 1. The molecule has 112 valence electrons. The summed E-state index contributed by atoms with van der Waals surface area (Å²) in [6.45, 7) is 1.70. The predicted molar refractivity (Wildman–Crippen MR) is 80.5 cm³/mol. The number of nitrogens with zero attached hydrogens (tertiary/aromatic N) is 2. The first-order valence-corrected chi connectivity index (χ1v) is 7.46. The third-order valence-electron chi connectivity index (χ3n) is 3.27. The van der Waals surface area contributed by atoms with Gasteiger partial charge in [-0.15, -0.1) is 11.3 Å². The van der Waals surface area contributed by atoms with Gasteiger partial charge in [-0.25, -0.2) is 9.37 Å². The van der Waals surface area contributed by atoms with Gasteiger partial charge in [0.25, 0.3) is 0 Å². The SMILES string of the molecule is CC(CO)N(C)C(=O)Cc1csc(-c2cccc(F)c2)n1. The van der Waals surface area contributed by atoms with Gasteiger partial charge in [-0.05, 0) is 19.1 Å². The van der Waals surface area contributed by atoms with Crippen LogP contribution in [-0.2, 0) is 11.2 Å². The van der Waals surface area contributed by atoms with Crippen LogP contribution in [0.2, 0.25) is 0 Å². The number of aromatic nitrogens is 1. The van der Waals surface area contributed by atoms with Crippen molar-refractivity contribution >= 4 is 17.2 Å². The molecule has 0 spiro atoms. The molecule has 1 unspecified atom stereocenters. The van der Waals surface area contributed by atoms with Gasteiger partial charge < -0.3 is 10.0 Å². The minimum atomic E-state index is -0.308. The molecule has 0 bridgehead atoms. The number of rotatable bonds is 5. The largest absolute Gasteiger partial charge is 0.394 e. The molecule has 1 atom stereocenters. The Morgan fingerprint density at radius 1 is 1.52 bits per heavy atom. The topological polar surface area (TPSA) is 53.4 Å². The molecule has 0 aliphatic heterocycles. The molecule has 0 aliphatic rings. The number of amides is 1. The van der Waals surface area contributed by atoms with Crippen LogP contribution in [0.15, 0.2) is 29.6 Å². The van der Waals surface area contributed by atoms with Crippen LogP contribution in [0.1, 0.15) is 12.6 Å². The van der Waals surface area contributed by atoms with E-state index in [0.29, 0.717) is 16.3 Å². The second-order valence-corrected chi connectivity index (χ2v) is 5.73. The highest BCUT2D eigenvalue weighted by Crippen LogP contribution is 2.24. The summed E-state index contributed by atoms with van der Waals surface area (Å²) in [6, 6.07) is 6.00. The van der Waals surface area contributed by atoms with E-state index in [1.165, 1.54) is 28.4 Å². The van der Waals surface area contributed by atoms with Crippen molar-refractivity contribution in [3.8, 4) is 10.6 Å². The minimum absolute atomic E-state index is 0.0755. The standard InChI is InChI=1S/C15H17FN2O2S/c1-10(8-19)18(2)14(20)7-13-9-21-15(17-13)11-4-3-5-12(16)6-11/h3-6,9-10,19H,7-8H2,1-2H3. The second-order valence-electron chi connectivity index (χ2n) is 4.87. The molecule has 0 radical (unpaired) electrons. The van der Waals surface area contributed by atoms with Gasteiger partial charge in [0.15, 0.2) is 0 Å². The lowest BCUT2D eigenvalue weighted by Gasteiger charge is -2.22. The molecule has 4 nitrogen and oxygen atoms in total. The van der Waals surface area contributed by atoms with Crippen molar-refractivity contribution in [1.82, 2.24) is 9.88 Å². The average molecular weight is 308 g/mol. The number of halogens is 1. The number of hydrogen-bond acceptors (Lipinski definition) is 4. The molecule has 1 amide bonds. The summed E-state index contributed by atoms with van der Waals surface area (Å²) in [5.41, 5.74) is 1.36. The monoisotopic (exact) mass is 308 g/mol. The maximum absolute atomic E-state index is 13.2. The number of thiazole rings is 1. The molecule has 2 rings (SSSR count). The third kappa shape index (κ3) is 3.86. The predicted octanol–water partition coefficient (Wildman–Crippen LogP) is 2.33. The maximum atomic E-state index is 13.2. The smallest absolute Gasteiger partial charge is 0.228 e. The highest BCUT2D eigenvalue weighted by molar-refractivity contribution is 7.13. The highest BCUT2D eigenvalue weighted by Gasteiger charge is 2.17. The van der Waals surface area contributed by atoms with Crippen molar-refractivity contribution in [3.05, 3.63) is 41.2 Å². The van der Waals surface area contributed by atoms with Gasteiger partial charge >= 0.3 is 0 Å². The second kappa shape index (κ2) is 6.78. The Kier molecular flexibility index (Phi) is 5.03. The van der Waals surface area contributed by atoms with Gasteiger partial charge in [-0.2, -0.15) is 0 Å². The lowest BCUT2D eigenvalue weighted by molar-refractivity contribution is -0.131. The van der Waals surface area contributed by atoms with Gasteiger partial charge in [-0.1, -0.05) is 12.1 Å². The summed E-state index contributed by atoms with van der Waals surface area (Å²) in [5.74, 6) is -0.413. The van der Waals surface area contributed by atoms with E-state index in [0.717, 1.165) is 0 Å². The maximum Gasteiger partial charge on any atom is 0.228 e. The van der Waals surface area contributed by atoms with Gasteiger partial charge in [0, 0.05) is 18.0 Å². The Labute approximate surface area is 126 Å². The lowest BCUT2D eigenvalue weighted by atomic mass is 10.2. The zero-order valence-electron chi connectivity index (χ0n) is 11.9. The molecule has 1 aromatic heterocycles. The molecule has 0 fully saturated rings. The zero-order valence-corrected chi connectivity index (χ0v) is 12.7. The van der Waals surface area contributed by atoms with Crippen LogP contribution in [-0.4, -0.2) is 40.6 Å². The fraction of sp³-hybridized carbons (Fsp3) is 0.333. The Morgan fingerprint density at radius 3 is 2.95 bits per heavy atom. The minimum Gasteiger partial charge on any atom is -0.394 e. The molecule has 0 saturated carbocycles. The summed E-state index contributed by atoms with van der Waals surface area (Å²) >= 11 is 1.38. The van der Waals surface area contributed by atoms with Crippen molar-refractivity contribution in [3.63, 3.8) is 0 Å². The van der Waals surface area contributed by atoms with Gasteiger partial charge in [0.2, 0.25) is 5.91 Å². The van der Waals surface area contributed by atoms with Crippen LogP contribution in [0.5, 0.6) is 0 Å². The molecular formula is C15H17FN2O2S. The first kappa shape index (κ1) is 15.6. The molecule has 6 heteroatoms. The van der Waals surface area contributed by atoms with Crippen LogP contribution in [0.25, 0.3) is 10.6 Å². The number of carbonyl (C=O) groups is 1. The molecule has 1 aromatic carbocycles. The Balaban J connectivity index is 2.08. The number of hydrogen-bond donors (Lipinski definition) is 1. The zero-order chi connectivity index (χ0) is 15.4. The molecule has 21 heavy (non-hydrogen) atoms. The Bertz CT molecular complexity index is 630. The van der Waals surface area contributed by atoms with Crippen molar-refractivity contribution in [1.29, 1.82) is 0 Å². The van der Waals surface area contributed by atoms with Crippen molar-refractivity contribution < 1.29 is 14.3 Å². The van der Waals surface area contributed by atoms with Gasteiger partial charge in [-0.3, -0.25) is 4.79 Å². The summed E-state index contributed by atoms with van der Waals surface area (Å²) in [6.07, 6.45) is 0.173. The molecular weight excluding hydrogens is 291 g/mol. The van der Waals surface area contributed by atoms with E-state index >= 15 is 0 Å². The Hall–Kier alpha value is -1.79. The van der Waals surface area contributed by atoms with E-state index in [-0.39, 0.29) is 30.8 Å². The van der Waals surface area contributed by atoms with E-state index in [1.54, 1.807) is 31.5 Å². The van der Waals surface area contributed by atoms with Crippen molar-refractivity contribution in [2.24, 2.45) is 0 Å². The third-order valence-corrected chi connectivity index (χ3v) is 4.21. The number of carbonyl (C=O) groups excluding carboxylic acids is 1. The van der Waals surface area contributed by atoms with Crippen LogP contribution in [0.3, 0.4) is 0 Å². The molecule has 0 aliphatic carbocycles. The summed E-state index contributed by atoms with van der Waals surface area (Å²) < 4.78 is 13.2. The molecule has 2 aromatic rings. The van der Waals surface area contributed by atoms with E-state index in [4.69, 9.17) is 5.11 Å². The van der Waals surface area contributed by atoms with Crippen molar-refractivity contribution in [2.45, 2.75) is 19.4 Å². The molecule has 1 N–H and O–H groups in total. The van der Waals surface area contributed by atoms with E-state index in [2.05, 4.69) is 4.98 Å². The summed E-state index contributed by atoms with van der Waals surface area (Å²) in [4.78, 5) is 17.9. The first-order chi connectivity index (χ1) is 10.0. The number of likely N-dealkylation sites (N-methyl/N-ethyl adjacent to an activating group) is 1. The van der Waals surface area contributed by atoms with Gasteiger partial charge in [0.1, 0.15) is 10.8 Å². The van der Waals surface area contributed by atoms with Crippen LogP contribution in [0, 0.1) is 5.82 Å². The summed E-state index contributed by atoms with van der Waals surface area (Å²) in [5, 5.41) is 11.5. The highest BCUT2D eigenvalue weighted by atomic mass is 32.1. The van der Waals surface area contributed by atoms with E-state index < -0.39 is 0 Å². The normalized spacial score (nSPS) is 12.2. The quantitative estimate of drug-likeness (QED) is 0.922. The molecule has 0 saturated heterocycles. The average Bonchev–Trinajstić information content (AvgIpc) is 2.94. The summed E-state index contributed by atoms with van der Waals surface area (Å²) in [7, 11) is 1.66.